The Kier molecular flexibility index (Phi) is 5.35. The number of aliphatic hydroxyl groups is 2. The fraction of sp³-hybridized carbons (Fsp3) is 0.500. The van der Waals surface area contributed by atoms with Gasteiger partial charge in [0.15, 0.2) is 17.7 Å². The molecule has 3 heterocycles. The van der Waals surface area contributed by atoms with Gasteiger partial charge in [0, 0.05) is 0 Å². The molecule has 3 rings (SSSR count). The average molecular weight is 427 g/mol. The zero-order chi connectivity index (χ0) is 20.0. The molecule has 2 aromatic heterocycles. The lowest BCUT2D eigenvalue weighted by Gasteiger charge is -2.17. The topological polar surface area (TPSA) is 233 Å². The highest BCUT2D eigenvalue weighted by molar-refractivity contribution is 7.60. The molecule has 2 aromatic rings. The molecule has 7 N–H and O–H groups in total. The summed E-state index contributed by atoms with van der Waals surface area (Å²) >= 11 is 0. The van der Waals surface area contributed by atoms with Crippen molar-refractivity contribution in [2.24, 2.45) is 0 Å². The Balaban J connectivity index is 1.75. The van der Waals surface area contributed by atoms with Crippen molar-refractivity contribution in [1.82, 2.24) is 19.5 Å². The molecule has 0 radical (unpaired) electrons. The van der Waals surface area contributed by atoms with E-state index in [2.05, 4.69) is 23.8 Å². The molecule has 5 atom stereocenters. The summed E-state index contributed by atoms with van der Waals surface area (Å²) in [5, 5.41) is 20.3. The number of hydrogen-bond acceptors (Lipinski definition) is 11. The van der Waals surface area contributed by atoms with Crippen LogP contribution in [0.4, 0.5) is 5.82 Å². The highest BCUT2D eigenvalue weighted by Crippen LogP contribution is 2.57. The number of imidazole rings is 1. The van der Waals surface area contributed by atoms with Crippen LogP contribution in [-0.4, -0.2) is 69.3 Å². The van der Waals surface area contributed by atoms with Crippen LogP contribution >= 0.6 is 15.6 Å². The summed E-state index contributed by atoms with van der Waals surface area (Å²) in [4.78, 5) is 38.1. The van der Waals surface area contributed by atoms with E-state index in [1.165, 1.54) is 10.9 Å². The van der Waals surface area contributed by atoms with Crippen molar-refractivity contribution in [3.63, 3.8) is 0 Å². The van der Waals surface area contributed by atoms with Crippen molar-refractivity contribution in [3.8, 4) is 0 Å². The van der Waals surface area contributed by atoms with Crippen molar-refractivity contribution in [1.29, 1.82) is 0 Å². The molecule has 1 unspecified atom stereocenters. The van der Waals surface area contributed by atoms with Gasteiger partial charge in [-0.15, -0.1) is 0 Å². The van der Waals surface area contributed by atoms with E-state index in [4.69, 9.17) is 20.3 Å². The molecule has 150 valence electrons. The maximum absolute atomic E-state index is 11.5. The Morgan fingerprint density at radius 1 is 1.19 bits per heavy atom. The van der Waals surface area contributed by atoms with Crippen LogP contribution in [-0.2, 0) is 22.7 Å². The molecule has 1 saturated heterocycles. The minimum Gasteiger partial charge on any atom is -0.387 e. The SMILES string of the molecule is Nc1ncnc2c1ncn2[C@@H]1O[C@H](COP(=O)(O)OP(=O)(O)O)[C@@H](O)[C@@H]1O. The maximum Gasteiger partial charge on any atom is 0.481 e. The Morgan fingerprint density at radius 3 is 2.56 bits per heavy atom. The molecule has 1 fully saturated rings. The normalized spacial score (nSPS) is 28.5. The van der Waals surface area contributed by atoms with Crippen molar-refractivity contribution in [2.45, 2.75) is 24.5 Å². The number of nitrogens with zero attached hydrogens (tertiary/aromatic N) is 4. The van der Waals surface area contributed by atoms with Gasteiger partial charge in [-0.25, -0.2) is 24.1 Å². The third-order valence-electron chi connectivity index (χ3n) is 3.61. The van der Waals surface area contributed by atoms with Gasteiger partial charge in [0.1, 0.15) is 30.2 Å². The number of aromatic nitrogens is 4. The lowest BCUT2D eigenvalue weighted by molar-refractivity contribution is -0.0503. The minimum atomic E-state index is -5.29. The summed E-state index contributed by atoms with van der Waals surface area (Å²) in [5.41, 5.74) is 6.11. The van der Waals surface area contributed by atoms with E-state index in [0.717, 1.165) is 6.33 Å². The summed E-state index contributed by atoms with van der Waals surface area (Å²) in [6.45, 7) is -0.813. The molecule has 0 saturated carbocycles. The fourth-order valence-corrected chi connectivity index (χ4v) is 4.08. The van der Waals surface area contributed by atoms with Crippen LogP contribution in [0.2, 0.25) is 0 Å². The lowest BCUT2D eigenvalue weighted by atomic mass is 10.1. The van der Waals surface area contributed by atoms with Crippen LogP contribution in [0.25, 0.3) is 11.2 Å². The minimum absolute atomic E-state index is 0.0856. The second-order valence-electron chi connectivity index (χ2n) is 5.47. The molecular weight excluding hydrogens is 412 g/mol. The number of anilines is 1. The van der Waals surface area contributed by atoms with Crippen molar-refractivity contribution >= 4 is 32.6 Å². The Hall–Kier alpha value is -1.51. The zero-order valence-electron chi connectivity index (χ0n) is 13.2. The number of nitrogens with two attached hydrogens (primary N) is 1. The number of nitrogen functional groups attached to an aromatic ring is 1. The second-order valence-corrected chi connectivity index (χ2v) is 8.30. The van der Waals surface area contributed by atoms with Gasteiger partial charge in [0.2, 0.25) is 0 Å². The summed E-state index contributed by atoms with van der Waals surface area (Å²) in [6.07, 6.45) is -3.20. The van der Waals surface area contributed by atoms with Crippen LogP contribution in [0, 0.1) is 0 Å². The van der Waals surface area contributed by atoms with Crippen LogP contribution in [0.1, 0.15) is 6.23 Å². The number of fused-ring (bicyclic) bond motifs is 1. The van der Waals surface area contributed by atoms with Crippen molar-refractivity contribution in [2.75, 3.05) is 12.3 Å². The molecule has 1 aliphatic rings. The molecular formula is C10H15N5O10P2. The van der Waals surface area contributed by atoms with Crippen molar-refractivity contribution < 1.29 is 47.6 Å². The van der Waals surface area contributed by atoms with Gasteiger partial charge in [-0.2, -0.15) is 4.31 Å². The molecule has 17 heteroatoms. The standard InChI is InChI=1S/C10H15N5O10P2/c11-8-5-9(13-2-12-8)15(3-14-5)10-7(17)6(16)4(24-10)1-23-27(21,22)25-26(18,19)20/h2-4,6-7,10,16-17H,1H2,(H,21,22)(H2,11,12,13)(H2,18,19,20)/t4-,6-,7+,10-/m1/s1. The van der Waals surface area contributed by atoms with Crippen LogP contribution < -0.4 is 5.73 Å². The Morgan fingerprint density at radius 2 is 1.89 bits per heavy atom. The second kappa shape index (κ2) is 7.14. The first-order valence-corrected chi connectivity index (χ1v) is 10.2. The molecule has 27 heavy (non-hydrogen) atoms. The molecule has 15 nitrogen and oxygen atoms in total. The van der Waals surface area contributed by atoms with Gasteiger partial charge in [-0.3, -0.25) is 9.09 Å². The maximum atomic E-state index is 11.5. The van der Waals surface area contributed by atoms with Gasteiger partial charge in [0.05, 0.1) is 12.9 Å². The highest BCUT2D eigenvalue weighted by Gasteiger charge is 2.46. The quantitative estimate of drug-likeness (QED) is 0.281. The fourth-order valence-electron chi connectivity index (χ4n) is 2.48. The van der Waals surface area contributed by atoms with Crippen LogP contribution in [0.5, 0.6) is 0 Å². The van der Waals surface area contributed by atoms with E-state index in [9.17, 15) is 24.2 Å². The van der Waals surface area contributed by atoms with E-state index >= 15 is 0 Å². The van der Waals surface area contributed by atoms with E-state index in [-0.39, 0.29) is 17.0 Å². The van der Waals surface area contributed by atoms with Gasteiger partial charge in [-0.05, 0) is 0 Å². The van der Waals surface area contributed by atoms with E-state index in [1.807, 2.05) is 0 Å². The van der Waals surface area contributed by atoms with Crippen LogP contribution in [0.15, 0.2) is 12.7 Å². The number of aliphatic hydroxyl groups excluding tert-OH is 2. The molecule has 0 spiro atoms. The number of ether oxygens (including phenoxy) is 1. The first-order chi connectivity index (χ1) is 12.5. The monoisotopic (exact) mass is 427 g/mol. The zero-order valence-corrected chi connectivity index (χ0v) is 15.0. The third kappa shape index (κ3) is 4.33. The van der Waals surface area contributed by atoms with Gasteiger partial charge < -0.3 is 35.4 Å². The van der Waals surface area contributed by atoms with E-state index in [0.29, 0.717) is 0 Å². The molecule has 0 bridgehead atoms. The summed E-state index contributed by atoms with van der Waals surface area (Å²) in [7, 11) is -10.4. The Bertz CT molecular complexity index is 932. The number of rotatable bonds is 6. The average Bonchev–Trinajstić information content (AvgIpc) is 3.07. The molecule has 0 amide bonds. The Labute approximate surface area is 150 Å². The van der Waals surface area contributed by atoms with E-state index in [1.54, 1.807) is 0 Å². The van der Waals surface area contributed by atoms with E-state index < -0.39 is 46.8 Å². The largest absolute Gasteiger partial charge is 0.481 e. The van der Waals surface area contributed by atoms with Gasteiger partial charge in [0.25, 0.3) is 0 Å². The predicted octanol–water partition coefficient (Wildman–Crippen LogP) is -1.75. The van der Waals surface area contributed by atoms with Gasteiger partial charge >= 0.3 is 15.6 Å². The summed E-state index contributed by atoms with van der Waals surface area (Å²) < 4.78 is 36.8. The number of hydrogen-bond donors (Lipinski definition) is 6. The third-order valence-corrected chi connectivity index (χ3v) is 5.76. The smallest absolute Gasteiger partial charge is 0.387 e. The number of phosphoric acid groups is 2. The summed E-state index contributed by atoms with van der Waals surface area (Å²) in [5.74, 6) is 0.0856. The first kappa shape index (κ1) is 20.2. The predicted molar refractivity (Wildman–Crippen MR) is 84.6 cm³/mol. The molecule has 1 aliphatic heterocycles. The highest BCUT2D eigenvalue weighted by atomic mass is 31.3. The van der Waals surface area contributed by atoms with Gasteiger partial charge in [-0.1, -0.05) is 0 Å². The lowest BCUT2D eigenvalue weighted by Crippen LogP contribution is -2.33. The molecule has 0 aromatic carbocycles. The van der Waals surface area contributed by atoms with Crippen molar-refractivity contribution in [3.05, 3.63) is 12.7 Å². The summed E-state index contributed by atoms with van der Waals surface area (Å²) in [6, 6.07) is 0. The van der Waals surface area contributed by atoms with Crippen LogP contribution in [0.3, 0.4) is 0 Å². The molecule has 0 aliphatic carbocycles. The first-order valence-electron chi connectivity index (χ1n) is 7.17. The number of phosphoric ester groups is 1.